The lowest BCUT2D eigenvalue weighted by Gasteiger charge is -2.16. The van der Waals surface area contributed by atoms with Gasteiger partial charge in [-0.25, -0.2) is 9.67 Å². The molecule has 9 heteroatoms. The fourth-order valence-electron chi connectivity index (χ4n) is 3.36. The number of halogens is 1. The van der Waals surface area contributed by atoms with Gasteiger partial charge in [-0.15, -0.1) is 24.0 Å². The van der Waals surface area contributed by atoms with E-state index in [4.69, 9.17) is 19.2 Å². The number of methoxy groups -OCH3 is 3. The summed E-state index contributed by atoms with van der Waals surface area (Å²) in [6.45, 7) is 4.02. The average Bonchev–Trinajstić information content (AvgIpc) is 3.37. The largest absolute Gasteiger partial charge is 0.493 e. The lowest BCUT2D eigenvalue weighted by molar-refractivity contribution is 0.322. The van der Waals surface area contributed by atoms with E-state index >= 15 is 0 Å². The van der Waals surface area contributed by atoms with E-state index in [1.165, 1.54) is 5.56 Å². The summed E-state index contributed by atoms with van der Waals surface area (Å²) in [5, 5.41) is 10.9. The van der Waals surface area contributed by atoms with Gasteiger partial charge in [-0.1, -0.05) is 12.1 Å². The van der Waals surface area contributed by atoms with Gasteiger partial charge in [0.1, 0.15) is 0 Å². The van der Waals surface area contributed by atoms with Gasteiger partial charge in [-0.3, -0.25) is 0 Å². The predicted molar refractivity (Wildman–Crippen MR) is 142 cm³/mol. The van der Waals surface area contributed by atoms with Crippen molar-refractivity contribution in [1.82, 2.24) is 20.4 Å². The van der Waals surface area contributed by atoms with Crippen LogP contribution >= 0.6 is 24.0 Å². The van der Waals surface area contributed by atoms with Gasteiger partial charge in [0.25, 0.3) is 0 Å². The molecule has 0 bridgehead atoms. The summed E-state index contributed by atoms with van der Waals surface area (Å²) in [5.41, 5.74) is 3.20. The Bertz CT molecular complexity index is 1010. The molecule has 178 valence electrons. The van der Waals surface area contributed by atoms with Crippen LogP contribution in [0.25, 0.3) is 5.69 Å². The number of nitrogens with zero attached hydrogens (tertiary/aromatic N) is 3. The Morgan fingerprint density at radius 1 is 0.970 bits per heavy atom. The number of rotatable bonds is 10. The SMILES string of the molecule is CCNC(=NCc1ccc(OC)c(OC)c1OC)NCCc1ccc(-n2cccn2)cc1.I. The molecule has 0 spiro atoms. The molecule has 0 aliphatic heterocycles. The molecule has 0 atom stereocenters. The number of hydrogen-bond acceptors (Lipinski definition) is 5. The second-order valence-corrected chi connectivity index (χ2v) is 6.98. The third kappa shape index (κ3) is 7.01. The van der Waals surface area contributed by atoms with Crippen molar-refractivity contribution in [2.75, 3.05) is 34.4 Å². The first-order chi connectivity index (χ1) is 15.7. The Labute approximate surface area is 212 Å². The minimum Gasteiger partial charge on any atom is -0.493 e. The summed E-state index contributed by atoms with van der Waals surface area (Å²) in [7, 11) is 4.82. The molecule has 33 heavy (non-hydrogen) atoms. The minimum absolute atomic E-state index is 0. The maximum atomic E-state index is 5.56. The van der Waals surface area contributed by atoms with Crippen LogP contribution in [0.15, 0.2) is 59.9 Å². The van der Waals surface area contributed by atoms with E-state index in [2.05, 4.69) is 40.0 Å². The van der Waals surface area contributed by atoms with Crippen molar-refractivity contribution in [3.05, 3.63) is 66.0 Å². The van der Waals surface area contributed by atoms with Gasteiger partial charge in [0.15, 0.2) is 17.5 Å². The highest BCUT2D eigenvalue weighted by molar-refractivity contribution is 14.0. The number of hydrogen-bond donors (Lipinski definition) is 2. The molecule has 3 aromatic rings. The van der Waals surface area contributed by atoms with Crippen molar-refractivity contribution in [3.8, 4) is 22.9 Å². The van der Waals surface area contributed by atoms with Crippen molar-refractivity contribution >= 4 is 29.9 Å². The third-order valence-corrected chi connectivity index (χ3v) is 4.95. The van der Waals surface area contributed by atoms with Crippen LogP contribution in [0, 0.1) is 0 Å². The van der Waals surface area contributed by atoms with Crippen LogP contribution in [-0.2, 0) is 13.0 Å². The zero-order valence-corrected chi connectivity index (χ0v) is 21.8. The van der Waals surface area contributed by atoms with Crippen molar-refractivity contribution in [2.24, 2.45) is 4.99 Å². The maximum Gasteiger partial charge on any atom is 0.203 e. The molecule has 8 nitrogen and oxygen atoms in total. The fraction of sp³-hybridized carbons (Fsp3) is 0.333. The Kier molecular flexibility index (Phi) is 10.8. The molecule has 3 rings (SSSR count). The molecule has 1 aromatic heterocycles. The van der Waals surface area contributed by atoms with Gasteiger partial charge in [-0.05, 0) is 49.2 Å². The summed E-state index contributed by atoms with van der Waals surface area (Å²) >= 11 is 0. The van der Waals surface area contributed by atoms with E-state index in [-0.39, 0.29) is 24.0 Å². The highest BCUT2D eigenvalue weighted by Crippen LogP contribution is 2.39. The molecule has 0 saturated heterocycles. The summed E-state index contributed by atoms with van der Waals surface area (Å²) < 4.78 is 18.2. The number of aliphatic imine (C=N–C) groups is 1. The zero-order chi connectivity index (χ0) is 22.8. The summed E-state index contributed by atoms with van der Waals surface area (Å²) in [5.74, 6) is 2.57. The molecule has 0 amide bonds. The first kappa shape index (κ1) is 26.3. The molecule has 0 radical (unpaired) electrons. The van der Waals surface area contributed by atoms with E-state index in [1.807, 2.05) is 36.0 Å². The van der Waals surface area contributed by atoms with Crippen LogP contribution in [-0.4, -0.2) is 50.2 Å². The van der Waals surface area contributed by atoms with Gasteiger partial charge >= 0.3 is 0 Å². The molecule has 0 saturated carbocycles. The van der Waals surface area contributed by atoms with Crippen LogP contribution in [0.4, 0.5) is 0 Å². The van der Waals surface area contributed by atoms with Crippen LogP contribution in [0.1, 0.15) is 18.1 Å². The molecular weight excluding hydrogens is 533 g/mol. The van der Waals surface area contributed by atoms with E-state index < -0.39 is 0 Å². The Hall–Kier alpha value is -2.95. The average molecular weight is 565 g/mol. The molecule has 0 unspecified atom stereocenters. The number of benzene rings is 2. The monoisotopic (exact) mass is 565 g/mol. The lowest BCUT2D eigenvalue weighted by Crippen LogP contribution is -2.38. The topological polar surface area (TPSA) is 81.9 Å². The quantitative estimate of drug-likeness (QED) is 0.221. The van der Waals surface area contributed by atoms with Gasteiger partial charge in [0.2, 0.25) is 5.75 Å². The molecule has 0 aliphatic rings. The van der Waals surface area contributed by atoms with Crippen LogP contribution in [0.3, 0.4) is 0 Å². The zero-order valence-electron chi connectivity index (χ0n) is 19.5. The van der Waals surface area contributed by atoms with Crippen molar-refractivity contribution in [2.45, 2.75) is 19.9 Å². The van der Waals surface area contributed by atoms with Gasteiger partial charge in [0.05, 0.1) is 33.6 Å². The highest BCUT2D eigenvalue weighted by atomic mass is 127. The normalized spacial score (nSPS) is 10.8. The Morgan fingerprint density at radius 2 is 1.73 bits per heavy atom. The number of aromatic nitrogens is 2. The smallest absolute Gasteiger partial charge is 0.203 e. The first-order valence-corrected chi connectivity index (χ1v) is 10.6. The second kappa shape index (κ2) is 13.6. The van der Waals surface area contributed by atoms with E-state index in [9.17, 15) is 0 Å². The van der Waals surface area contributed by atoms with Crippen LogP contribution in [0.5, 0.6) is 17.2 Å². The van der Waals surface area contributed by atoms with Gasteiger partial charge < -0.3 is 24.8 Å². The summed E-state index contributed by atoms with van der Waals surface area (Å²) in [4.78, 5) is 4.71. The van der Waals surface area contributed by atoms with Crippen molar-refractivity contribution < 1.29 is 14.2 Å². The molecular formula is C24H32IN5O3. The molecule has 2 aromatic carbocycles. The number of guanidine groups is 1. The van der Waals surface area contributed by atoms with Crippen LogP contribution in [0.2, 0.25) is 0 Å². The van der Waals surface area contributed by atoms with Crippen molar-refractivity contribution in [3.63, 3.8) is 0 Å². The van der Waals surface area contributed by atoms with Gasteiger partial charge in [0, 0.05) is 31.0 Å². The highest BCUT2D eigenvalue weighted by Gasteiger charge is 2.15. The molecule has 1 heterocycles. The van der Waals surface area contributed by atoms with Crippen molar-refractivity contribution in [1.29, 1.82) is 0 Å². The number of ether oxygens (including phenoxy) is 3. The van der Waals surface area contributed by atoms with E-state index in [0.717, 1.165) is 36.7 Å². The molecule has 2 N–H and O–H groups in total. The molecule has 0 fully saturated rings. The standard InChI is InChI=1S/C24H31N5O3.HI/c1-5-25-24(27-17-19-9-12-21(30-2)23(32-4)22(19)31-3)26-15-13-18-7-10-20(11-8-18)29-16-6-14-28-29;/h6-12,14,16H,5,13,15,17H2,1-4H3,(H2,25,26,27);1H. The third-order valence-electron chi connectivity index (χ3n) is 4.95. The number of nitrogens with one attached hydrogen (secondary N) is 2. The summed E-state index contributed by atoms with van der Waals surface area (Å²) in [6, 6.07) is 14.1. The predicted octanol–water partition coefficient (Wildman–Crippen LogP) is 3.81. The lowest BCUT2D eigenvalue weighted by atomic mass is 10.1. The Morgan fingerprint density at radius 3 is 2.33 bits per heavy atom. The summed E-state index contributed by atoms with van der Waals surface area (Å²) in [6.07, 6.45) is 4.59. The van der Waals surface area contributed by atoms with E-state index in [0.29, 0.717) is 23.8 Å². The minimum atomic E-state index is 0. The second-order valence-electron chi connectivity index (χ2n) is 6.98. The van der Waals surface area contributed by atoms with E-state index in [1.54, 1.807) is 27.5 Å². The van der Waals surface area contributed by atoms with Gasteiger partial charge in [-0.2, -0.15) is 5.10 Å². The first-order valence-electron chi connectivity index (χ1n) is 10.6. The van der Waals surface area contributed by atoms with Crippen LogP contribution < -0.4 is 24.8 Å². The fourth-order valence-corrected chi connectivity index (χ4v) is 3.36. The molecule has 0 aliphatic carbocycles. The Balaban J connectivity index is 0.00000385. The maximum absolute atomic E-state index is 5.56.